The third-order valence-electron chi connectivity index (χ3n) is 3.67. The van der Waals surface area contributed by atoms with Crippen LogP contribution < -0.4 is 5.32 Å². The van der Waals surface area contributed by atoms with Gasteiger partial charge in [0.15, 0.2) is 0 Å². The minimum absolute atomic E-state index is 0.0749. The molecule has 2 N–H and O–H groups in total. The Kier molecular flexibility index (Phi) is 3.97. The van der Waals surface area contributed by atoms with E-state index < -0.39 is 18.2 Å². The van der Waals surface area contributed by atoms with Gasteiger partial charge in [-0.15, -0.1) is 0 Å². The van der Waals surface area contributed by atoms with Crippen molar-refractivity contribution >= 4 is 17.9 Å². The molecule has 0 fully saturated rings. The summed E-state index contributed by atoms with van der Waals surface area (Å²) in [5, 5.41) is 11.2. The van der Waals surface area contributed by atoms with Gasteiger partial charge in [0.05, 0.1) is 23.2 Å². The maximum absolute atomic E-state index is 12.5. The fraction of sp³-hybridized carbons (Fsp3) is 0.400. The van der Waals surface area contributed by atoms with Crippen LogP contribution in [-0.2, 0) is 0 Å². The van der Waals surface area contributed by atoms with Crippen molar-refractivity contribution in [1.82, 2.24) is 10.2 Å². The quantitative estimate of drug-likeness (QED) is 0.830. The van der Waals surface area contributed by atoms with E-state index in [9.17, 15) is 14.4 Å². The number of carboxylic acid groups (broad SMARTS) is 1. The highest BCUT2D eigenvalue weighted by Crippen LogP contribution is 2.28. The van der Waals surface area contributed by atoms with Crippen molar-refractivity contribution in [3.05, 3.63) is 35.4 Å². The van der Waals surface area contributed by atoms with Gasteiger partial charge in [-0.1, -0.05) is 26.0 Å². The summed E-state index contributed by atoms with van der Waals surface area (Å²) < 4.78 is 0. The van der Waals surface area contributed by atoms with E-state index in [0.717, 1.165) is 0 Å². The molecular weight excluding hydrogens is 272 g/mol. The molecule has 1 aromatic carbocycles. The average molecular weight is 290 g/mol. The molecule has 0 saturated heterocycles. The summed E-state index contributed by atoms with van der Waals surface area (Å²) in [5.74, 6) is -0.810. The number of nitrogens with zero attached hydrogens (tertiary/aromatic N) is 1. The molecule has 1 aromatic rings. The smallest absolute Gasteiger partial charge is 0.404 e. The summed E-state index contributed by atoms with van der Waals surface area (Å²) in [6.07, 6.45) is -1.18. The van der Waals surface area contributed by atoms with Crippen molar-refractivity contribution < 1.29 is 19.5 Å². The van der Waals surface area contributed by atoms with Crippen LogP contribution in [-0.4, -0.2) is 40.0 Å². The molecule has 2 rings (SSSR count). The molecule has 1 aliphatic rings. The lowest BCUT2D eigenvalue weighted by atomic mass is 9.95. The highest BCUT2D eigenvalue weighted by Gasteiger charge is 2.43. The molecule has 112 valence electrons. The van der Waals surface area contributed by atoms with E-state index in [2.05, 4.69) is 5.32 Å². The summed E-state index contributed by atoms with van der Waals surface area (Å²) in [7, 11) is 0. The summed E-state index contributed by atoms with van der Waals surface area (Å²) in [6.45, 7) is 5.37. The highest BCUT2D eigenvalue weighted by molar-refractivity contribution is 6.21. The first-order valence-corrected chi connectivity index (χ1v) is 6.81. The second kappa shape index (κ2) is 5.55. The summed E-state index contributed by atoms with van der Waals surface area (Å²) in [4.78, 5) is 37.0. The van der Waals surface area contributed by atoms with Gasteiger partial charge in [-0.05, 0) is 25.0 Å². The van der Waals surface area contributed by atoms with Gasteiger partial charge in [-0.2, -0.15) is 0 Å². The number of rotatable bonds is 4. The molecule has 21 heavy (non-hydrogen) atoms. The monoisotopic (exact) mass is 290 g/mol. The van der Waals surface area contributed by atoms with E-state index in [0.29, 0.717) is 11.1 Å². The Bertz CT molecular complexity index is 562. The summed E-state index contributed by atoms with van der Waals surface area (Å²) in [5.41, 5.74) is 0.742. The minimum Gasteiger partial charge on any atom is -0.465 e. The standard InChI is InChI=1S/C15H18N2O4/c1-8(2)12(9(3)16-15(20)21)17-13(18)10-6-4-5-7-11(10)14(17)19/h4-9,12,16H,1-3H3,(H,20,21)/t9-,12-/m0/s1. The van der Waals surface area contributed by atoms with Crippen LogP contribution in [0.4, 0.5) is 4.79 Å². The number of fused-ring (bicyclic) bond motifs is 1. The first-order valence-electron chi connectivity index (χ1n) is 6.81. The molecule has 0 bridgehead atoms. The normalized spacial score (nSPS) is 16.9. The van der Waals surface area contributed by atoms with E-state index >= 15 is 0 Å². The zero-order chi connectivity index (χ0) is 15.7. The third kappa shape index (κ3) is 2.61. The number of carbonyl (C=O) groups is 3. The fourth-order valence-corrected chi connectivity index (χ4v) is 2.86. The Morgan fingerprint density at radius 1 is 1.10 bits per heavy atom. The van der Waals surface area contributed by atoms with Crippen LogP contribution >= 0.6 is 0 Å². The highest BCUT2D eigenvalue weighted by atomic mass is 16.4. The fourth-order valence-electron chi connectivity index (χ4n) is 2.86. The Labute approximate surface area is 122 Å². The number of carbonyl (C=O) groups excluding carboxylic acids is 2. The van der Waals surface area contributed by atoms with Gasteiger partial charge in [0, 0.05) is 0 Å². The molecule has 6 nitrogen and oxygen atoms in total. The first kappa shape index (κ1) is 15.0. The predicted molar refractivity (Wildman–Crippen MR) is 76.2 cm³/mol. The Morgan fingerprint density at radius 2 is 1.57 bits per heavy atom. The van der Waals surface area contributed by atoms with Gasteiger partial charge in [0.2, 0.25) is 0 Å². The number of benzene rings is 1. The van der Waals surface area contributed by atoms with Crippen molar-refractivity contribution in [1.29, 1.82) is 0 Å². The Morgan fingerprint density at radius 3 is 1.95 bits per heavy atom. The summed E-state index contributed by atoms with van der Waals surface area (Å²) in [6, 6.07) is 5.55. The van der Waals surface area contributed by atoms with Gasteiger partial charge in [0.25, 0.3) is 11.8 Å². The topological polar surface area (TPSA) is 86.7 Å². The van der Waals surface area contributed by atoms with Crippen LogP contribution in [0.3, 0.4) is 0 Å². The van der Waals surface area contributed by atoms with E-state index in [-0.39, 0.29) is 17.7 Å². The van der Waals surface area contributed by atoms with Crippen molar-refractivity contribution in [2.24, 2.45) is 5.92 Å². The zero-order valence-corrected chi connectivity index (χ0v) is 12.2. The molecule has 1 aliphatic heterocycles. The van der Waals surface area contributed by atoms with Gasteiger partial charge in [0.1, 0.15) is 0 Å². The second-order valence-corrected chi connectivity index (χ2v) is 5.50. The molecule has 0 radical (unpaired) electrons. The first-order chi connectivity index (χ1) is 9.84. The molecule has 0 saturated carbocycles. The van der Waals surface area contributed by atoms with Crippen LogP contribution in [0.5, 0.6) is 0 Å². The molecule has 0 aliphatic carbocycles. The third-order valence-corrected chi connectivity index (χ3v) is 3.67. The number of amides is 3. The lowest BCUT2D eigenvalue weighted by Crippen LogP contribution is -2.54. The van der Waals surface area contributed by atoms with Crippen molar-refractivity contribution in [3.63, 3.8) is 0 Å². The number of nitrogens with one attached hydrogen (secondary N) is 1. The van der Waals surface area contributed by atoms with Crippen molar-refractivity contribution in [2.45, 2.75) is 32.9 Å². The van der Waals surface area contributed by atoms with Gasteiger partial charge >= 0.3 is 6.09 Å². The average Bonchev–Trinajstić information content (AvgIpc) is 2.64. The molecule has 6 heteroatoms. The number of hydrogen-bond donors (Lipinski definition) is 2. The zero-order valence-electron chi connectivity index (χ0n) is 12.2. The largest absolute Gasteiger partial charge is 0.465 e. The molecule has 0 unspecified atom stereocenters. The number of hydrogen-bond acceptors (Lipinski definition) is 3. The molecule has 3 amide bonds. The van der Waals surface area contributed by atoms with E-state index in [1.807, 2.05) is 13.8 Å². The Balaban J connectivity index is 2.37. The minimum atomic E-state index is -1.18. The van der Waals surface area contributed by atoms with Crippen LogP contribution in [0.2, 0.25) is 0 Å². The lowest BCUT2D eigenvalue weighted by molar-refractivity contribution is 0.0496. The van der Waals surface area contributed by atoms with Crippen LogP contribution in [0, 0.1) is 5.92 Å². The maximum Gasteiger partial charge on any atom is 0.404 e. The SMILES string of the molecule is CC(C)[C@@H]([C@H](C)NC(=O)O)N1C(=O)c2ccccc2C1=O. The summed E-state index contributed by atoms with van der Waals surface area (Å²) >= 11 is 0. The van der Waals surface area contributed by atoms with Crippen molar-refractivity contribution in [2.75, 3.05) is 0 Å². The molecular formula is C15H18N2O4. The van der Waals surface area contributed by atoms with E-state index in [1.165, 1.54) is 4.90 Å². The van der Waals surface area contributed by atoms with Crippen molar-refractivity contribution in [3.8, 4) is 0 Å². The van der Waals surface area contributed by atoms with Gasteiger partial charge in [-0.3, -0.25) is 14.5 Å². The maximum atomic E-state index is 12.5. The van der Waals surface area contributed by atoms with Crippen LogP contribution in [0.1, 0.15) is 41.5 Å². The van der Waals surface area contributed by atoms with Gasteiger partial charge < -0.3 is 10.4 Å². The predicted octanol–water partition coefficient (Wildman–Crippen LogP) is 1.96. The molecule has 0 aromatic heterocycles. The lowest BCUT2D eigenvalue weighted by Gasteiger charge is -2.34. The van der Waals surface area contributed by atoms with E-state index in [1.54, 1.807) is 31.2 Å². The van der Waals surface area contributed by atoms with Crippen LogP contribution in [0.15, 0.2) is 24.3 Å². The second-order valence-electron chi connectivity index (χ2n) is 5.50. The van der Waals surface area contributed by atoms with E-state index in [4.69, 9.17) is 5.11 Å². The Hall–Kier alpha value is -2.37. The molecule has 1 heterocycles. The molecule has 2 atom stereocenters. The van der Waals surface area contributed by atoms with Gasteiger partial charge in [-0.25, -0.2) is 4.79 Å². The molecule has 0 spiro atoms. The van der Waals surface area contributed by atoms with Crippen LogP contribution in [0.25, 0.3) is 0 Å². The number of imide groups is 1.